The summed E-state index contributed by atoms with van der Waals surface area (Å²) >= 11 is 0. The molecule has 1 amide bonds. The number of H-pyrrole nitrogens is 1. The summed E-state index contributed by atoms with van der Waals surface area (Å²) in [6.07, 6.45) is 5.43. The lowest BCUT2D eigenvalue weighted by Crippen LogP contribution is -2.22. The predicted molar refractivity (Wildman–Crippen MR) is 73.7 cm³/mol. The fourth-order valence-corrected chi connectivity index (χ4v) is 2.05. The smallest absolute Gasteiger partial charge is 0.252 e. The number of hydrogen-bond donors (Lipinski definition) is 2. The van der Waals surface area contributed by atoms with Crippen molar-refractivity contribution in [2.45, 2.75) is 6.54 Å². The van der Waals surface area contributed by atoms with Crippen LogP contribution < -0.4 is 5.32 Å². The van der Waals surface area contributed by atoms with E-state index in [-0.39, 0.29) is 5.91 Å². The van der Waals surface area contributed by atoms with E-state index in [1.54, 1.807) is 6.20 Å². The molecular formula is C15H13N3O. The van der Waals surface area contributed by atoms with Crippen molar-refractivity contribution < 1.29 is 4.79 Å². The molecule has 4 heteroatoms. The first kappa shape index (κ1) is 11.5. The van der Waals surface area contributed by atoms with Crippen molar-refractivity contribution in [1.82, 2.24) is 15.3 Å². The number of carbonyl (C=O) groups excluding carboxylic acids is 1. The summed E-state index contributed by atoms with van der Waals surface area (Å²) in [4.78, 5) is 19.4. The monoisotopic (exact) mass is 251 g/mol. The van der Waals surface area contributed by atoms with Crippen molar-refractivity contribution in [3.63, 3.8) is 0 Å². The average Bonchev–Trinajstić information content (AvgIpc) is 2.97. The second kappa shape index (κ2) is 4.94. The van der Waals surface area contributed by atoms with E-state index in [9.17, 15) is 4.79 Å². The molecule has 94 valence electrons. The van der Waals surface area contributed by atoms with E-state index in [0.29, 0.717) is 12.1 Å². The van der Waals surface area contributed by atoms with E-state index in [0.717, 1.165) is 16.5 Å². The van der Waals surface area contributed by atoms with Crippen LogP contribution in [0.4, 0.5) is 0 Å². The van der Waals surface area contributed by atoms with E-state index >= 15 is 0 Å². The maximum Gasteiger partial charge on any atom is 0.252 e. The Morgan fingerprint density at radius 1 is 1.21 bits per heavy atom. The Hall–Kier alpha value is -2.62. The zero-order chi connectivity index (χ0) is 13.1. The molecule has 3 rings (SSSR count). The predicted octanol–water partition coefficient (Wildman–Crippen LogP) is 2.49. The van der Waals surface area contributed by atoms with Crippen molar-refractivity contribution in [2.24, 2.45) is 0 Å². The zero-order valence-corrected chi connectivity index (χ0v) is 10.3. The first-order chi connectivity index (χ1) is 9.34. The number of amides is 1. The summed E-state index contributed by atoms with van der Waals surface area (Å²) in [5, 5.41) is 3.78. The second-order valence-electron chi connectivity index (χ2n) is 4.28. The quantitative estimate of drug-likeness (QED) is 0.751. The molecule has 19 heavy (non-hydrogen) atoms. The van der Waals surface area contributed by atoms with Gasteiger partial charge in [-0.15, -0.1) is 0 Å². The number of carbonyl (C=O) groups is 1. The minimum atomic E-state index is -0.0835. The van der Waals surface area contributed by atoms with Gasteiger partial charge in [-0.1, -0.05) is 12.1 Å². The SMILES string of the molecule is O=C(NCc1cc[nH]c1)c1cccc2ncccc12. The minimum absolute atomic E-state index is 0.0835. The van der Waals surface area contributed by atoms with Gasteiger partial charge in [0.05, 0.1) is 5.52 Å². The van der Waals surface area contributed by atoms with Crippen LogP contribution in [0.3, 0.4) is 0 Å². The lowest BCUT2D eigenvalue weighted by molar-refractivity contribution is 0.0952. The largest absolute Gasteiger partial charge is 0.367 e. The van der Waals surface area contributed by atoms with Gasteiger partial charge in [-0.25, -0.2) is 0 Å². The van der Waals surface area contributed by atoms with E-state index in [1.807, 2.05) is 48.8 Å². The third-order valence-electron chi connectivity index (χ3n) is 3.01. The third kappa shape index (κ3) is 2.33. The van der Waals surface area contributed by atoms with Crippen LogP contribution in [0.2, 0.25) is 0 Å². The van der Waals surface area contributed by atoms with Gasteiger partial charge in [-0.05, 0) is 29.8 Å². The van der Waals surface area contributed by atoms with E-state index in [1.165, 1.54) is 0 Å². The highest BCUT2D eigenvalue weighted by Gasteiger charge is 2.09. The average molecular weight is 251 g/mol. The van der Waals surface area contributed by atoms with Gasteiger partial charge in [0.1, 0.15) is 0 Å². The molecule has 2 heterocycles. The molecule has 0 spiro atoms. The van der Waals surface area contributed by atoms with E-state index in [4.69, 9.17) is 0 Å². The highest BCUT2D eigenvalue weighted by molar-refractivity contribution is 6.06. The maximum absolute atomic E-state index is 12.2. The van der Waals surface area contributed by atoms with Gasteiger partial charge in [-0.3, -0.25) is 9.78 Å². The molecule has 1 aromatic carbocycles. The summed E-state index contributed by atoms with van der Waals surface area (Å²) in [5.41, 5.74) is 2.53. The molecule has 3 aromatic rings. The molecule has 2 aromatic heterocycles. The number of benzene rings is 1. The standard InChI is InChI=1S/C15H13N3O/c19-15(18-10-11-6-8-16-9-11)13-3-1-5-14-12(13)4-2-7-17-14/h1-9,16H,10H2,(H,18,19). The summed E-state index contributed by atoms with van der Waals surface area (Å²) in [7, 11) is 0. The number of fused-ring (bicyclic) bond motifs is 1. The molecule has 0 aliphatic carbocycles. The van der Waals surface area contributed by atoms with Gasteiger partial charge in [0, 0.05) is 36.1 Å². The number of pyridine rings is 1. The number of aromatic amines is 1. The van der Waals surface area contributed by atoms with Crippen LogP contribution in [0, 0.1) is 0 Å². The molecular weight excluding hydrogens is 238 g/mol. The first-order valence-corrected chi connectivity index (χ1v) is 6.08. The van der Waals surface area contributed by atoms with Crippen molar-refractivity contribution in [3.05, 3.63) is 66.1 Å². The van der Waals surface area contributed by atoms with Gasteiger partial charge < -0.3 is 10.3 Å². The normalized spacial score (nSPS) is 10.5. The Labute approximate surface area is 110 Å². The Morgan fingerprint density at radius 2 is 2.16 bits per heavy atom. The lowest BCUT2D eigenvalue weighted by atomic mass is 10.1. The summed E-state index contributed by atoms with van der Waals surface area (Å²) in [6.45, 7) is 0.513. The number of rotatable bonds is 3. The van der Waals surface area contributed by atoms with Crippen LogP contribution in [-0.4, -0.2) is 15.9 Å². The Balaban J connectivity index is 1.85. The molecule has 0 saturated heterocycles. The second-order valence-corrected chi connectivity index (χ2v) is 4.28. The Morgan fingerprint density at radius 3 is 3.00 bits per heavy atom. The summed E-state index contributed by atoms with van der Waals surface area (Å²) < 4.78 is 0. The van der Waals surface area contributed by atoms with Crippen LogP contribution in [0.5, 0.6) is 0 Å². The molecule has 2 N–H and O–H groups in total. The van der Waals surface area contributed by atoms with Crippen molar-refractivity contribution in [1.29, 1.82) is 0 Å². The topological polar surface area (TPSA) is 57.8 Å². The molecule has 0 fully saturated rings. The molecule has 0 atom stereocenters. The van der Waals surface area contributed by atoms with Gasteiger partial charge >= 0.3 is 0 Å². The summed E-state index contributed by atoms with van der Waals surface area (Å²) in [5.74, 6) is -0.0835. The van der Waals surface area contributed by atoms with Gasteiger partial charge in [-0.2, -0.15) is 0 Å². The molecule has 0 saturated carbocycles. The Bertz CT molecular complexity index is 699. The van der Waals surface area contributed by atoms with Gasteiger partial charge in [0.2, 0.25) is 0 Å². The highest BCUT2D eigenvalue weighted by Crippen LogP contribution is 2.16. The number of nitrogens with one attached hydrogen (secondary N) is 2. The lowest BCUT2D eigenvalue weighted by Gasteiger charge is -2.06. The van der Waals surface area contributed by atoms with Crippen LogP contribution in [0.25, 0.3) is 10.9 Å². The third-order valence-corrected chi connectivity index (χ3v) is 3.01. The number of hydrogen-bond acceptors (Lipinski definition) is 2. The van der Waals surface area contributed by atoms with Crippen molar-refractivity contribution in [2.75, 3.05) is 0 Å². The van der Waals surface area contributed by atoms with Crippen molar-refractivity contribution >= 4 is 16.8 Å². The van der Waals surface area contributed by atoms with Crippen LogP contribution in [0.1, 0.15) is 15.9 Å². The minimum Gasteiger partial charge on any atom is -0.367 e. The maximum atomic E-state index is 12.2. The van der Waals surface area contributed by atoms with Crippen LogP contribution in [0.15, 0.2) is 55.0 Å². The highest BCUT2D eigenvalue weighted by atomic mass is 16.1. The molecule has 0 aliphatic heterocycles. The first-order valence-electron chi connectivity index (χ1n) is 6.08. The van der Waals surface area contributed by atoms with E-state index < -0.39 is 0 Å². The molecule has 0 bridgehead atoms. The Kier molecular flexibility index (Phi) is 2.98. The fourth-order valence-electron chi connectivity index (χ4n) is 2.05. The van der Waals surface area contributed by atoms with Crippen molar-refractivity contribution in [3.8, 4) is 0 Å². The zero-order valence-electron chi connectivity index (χ0n) is 10.3. The van der Waals surface area contributed by atoms with Gasteiger partial charge in [0.25, 0.3) is 5.91 Å². The molecule has 4 nitrogen and oxygen atoms in total. The summed E-state index contributed by atoms with van der Waals surface area (Å²) in [6, 6.07) is 11.2. The van der Waals surface area contributed by atoms with Crippen LogP contribution in [-0.2, 0) is 6.54 Å². The van der Waals surface area contributed by atoms with E-state index in [2.05, 4.69) is 15.3 Å². The van der Waals surface area contributed by atoms with Crippen LogP contribution >= 0.6 is 0 Å². The number of aromatic nitrogens is 2. The van der Waals surface area contributed by atoms with Gasteiger partial charge in [0.15, 0.2) is 0 Å². The molecule has 0 radical (unpaired) electrons. The molecule has 0 unspecified atom stereocenters. The number of nitrogens with zero attached hydrogens (tertiary/aromatic N) is 1. The fraction of sp³-hybridized carbons (Fsp3) is 0.0667. The molecule has 0 aliphatic rings.